The molecule has 39 heavy (non-hydrogen) atoms. The van der Waals surface area contributed by atoms with E-state index in [-0.39, 0.29) is 0 Å². The van der Waals surface area contributed by atoms with Crippen LogP contribution in [0.15, 0.2) is 127 Å². The van der Waals surface area contributed by atoms with Crippen LogP contribution in [0.25, 0.3) is 65.7 Å². The van der Waals surface area contributed by atoms with Crippen LogP contribution in [0.1, 0.15) is 13.8 Å². The van der Waals surface area contributed by atoms with Crippen LogP contribution in [0.5, 0.6) is 0 Å². The summed E-state index contributed by atoms with van der Waals surface area (Å²) in [6.07, 6.45) is 0. The molecule has 0 bridgehead atoms. The van der Waals surface area contributed by atoms with E-state index in [4.69, 9.17) is 0 Å². The molecule has 0 radical (unpaired) electrons. The van der Waals surface area contributed by atoms with E-state index in [2.05, 4.69) is 84.9 Å². The Bertz CT molecular complexity index is 1820. The van der Waals surface area contributed by atoms with Crippen LogP contribution in [0.2, 0.25) is 0 Å². The third-order valence-corrected chi connectivity index (χ3v) is 7.46. The van der Waals surface area contributed by atoms with Crippen LogP contribution in [-0.4, -0.2) is 17.2 Å². The van der Waals surface area contributed by atoms with Gasteiger partial charge in [0.25, 0.3) is 0 Å². The molecule has 0 heterocycles. The van der Waals surface area contributed by atoms with Crippen molar-refractivity contribution in [2.45, 2.75) is 13.8 Å². The highest BCUT2D eigenvalue weighted by molar-refractivity contribution is 6.63. The van der Waals surface area contributed by atoms with E-state index in [9.17, 15) is 10.0 Å². The first-order valence-electron chi connectivity index (χ1n) is 13.5. The third kappa shape index (κ3) is 4.17. The summed E-state index contributed by atoms with van der Waals surface area (Å²) >= 11 is 0. The second-order valence-corrected chi connectivity index (χ2v) is 9.53. The highest BCUT2D eigenvalue weighted by Gasteiger charge is 2.23. The fourth-order valence-electron chi connectivity index (χ4n) is 5.80. The average molecular weight is 504 g/mol. The predicted molar refractivity (Wildman–Crippen MR) is 168 cm³/mol. The molecule has 0 saturated heterocycles. The quantitative estimate of drug-likeness (QED) is 0.187. The summed E-state index contributed by atoms with van der Waals surface area (Å²) in [4.78, 5) is 0. The Labute approximate surface area is 229 Å². The van der Waals surface area contributed by atoms with E-state index in [0.29, 0.717) is 5.46 Å². The Kier molecular flexibility index (Phi) is 6.62. The Hall–Kier alpha value is -4.44. The van der Waals surface area contributed by atoms with Gasteiger partial charge in [-0.15, -0.1) is 0 Å². The van der Waals surface area contributed by atoms with Gasteiger partial charge in [-0.05, 0) is 77.2 Å². The molecule has 3 heteroatoms. The Morgan fingerprint density at radius 2 is 0.744 bits per heavy atom. The van der Waals surface area contributed by atoms with E-state index in [1.165, 1.54) is 0 Å². The Morgan fingerprint density at radius 1 is 0.410 bits per heavy atom. The number of hydrogen-bond donors (Lipinski definition) is 2. The van der Waals surface area contributed by atoms with E-state index in [1.807, 2.05) is 56.3 Å². The molecule has 0 atom stereocenters. The van der Waals surface area contributed by atoms with Crippen LogP contribution in [0, 0.1) is 0 Å². The molecule has 2 nitrogen and oxygen atoms in total. The largest absolute Gasteiger partial charge is 0.489 e. The van der Waals surface area contributed by atoms with Crippen LogP contribution < -0.4 is 5.46 Å². The molecule has 0 aliphatic heterocycles. The monoisotopic (exact) mass is 504 g/mol. The van der Waals surface area contributed by atoms with Crippen molar-refractivity contribution >= 4 is 44.9 Å². The first-order chi connectivity index (χ1) is 19.2. The smallest absolute Gasteiger partial charge is 0.423 e. The molecule has 0 amide bonds. The van der Waals surface area contributed by atoms with Crippen molar-refractivity contribution in [2.24, 2.45) is 0 Å². The number of rotatable bonds is 4. The zero-order chi connectivity index (χ0) is 26.9. The van der Waals surface area contributed by atoms with Gasteiger partial charge in [0.15, 0.2) is 0 Å². The standard InChI is InChI=1S/C34H23BO2.C2H6/c36-35(37)32-21-31(24-14-8-3-9-15-24)27-17-16-25-29(22-10-4-1-5-11-22)20-30(23-12-6-2-7-13-23)26-18-19-28(32)34(27)33(25)26;1-2/h1-21,36-37H;1-2H3. The van der Waals surface area contributed by atoms with Crippen molar-refractivity contribution in [3.05, 3.63) is 127 Å². The lowest BCUT2D eigenvalue weighted by molar-refractivity contribution is 0.426. The zero-order valence-corrected chi connectivity index (χ0v) is 22.1. The molecule has 7 aromatic rings. The zero-order valence-electron chi connectivity index (χ0n) is 22.1. The summed E-state index contributed by atoms with van der Waals surface area (Å²) in [5, 5.41) is 27.4. The summed E-state index contributed by atoms with van der Waals surface area (Å²) in [5.74, 6) is 0. The van der Waals surface area contributed by atoms with Crippen molar-refractivity contribution in [3.63, 3.8) is 0 Å². The highest BCUT2D eigenvalue weighted by Crippen LogP contribution is 2.45. The molecular formula is C36H29BO2. The molecule has 0 aromatic heterocycles. The van der Waals surface area contributed by atoms with Gasteiger partial charge in [-0.25, -0.2) is 0 Å². The maximum Gasteiger partial charge on any atom is 0.489 e. The fourth-order valence-corrected chi connectivity index (χ4v) is 5.80. The Balaban J connectivity index is 0.00000135. The minimum Gasteiger partial charge on any atom is -0.423 e. The van der Waals surface area contributed by atoms with Gasteiger partial charge in [0.05, 0.1) is 0 Å². The molecule has 0 aliphatic carbocycles. The highest BCUT2D eigenvalue weighted by atomic mass is 16.4. The van der Waals surface area contributed by atoms with Crippen molar-refractivity contribution in [2.75, 3.05) is 0 Å². The topological polar surface area (TPSA) is 40.5 Å². The van der Waals surface area contributed by atoms with Crippen LogP contribution in [-0.2, 0) is 0 Å². The van der Waals surface area contributed by atoms with E-state index < -0.39 is 7.12 Å². The third-order valence-electron chi connectivity index (χ3n) is 7.46. The first kappa shape index (κ1) is 24.9. The van der Waals surface area contributed by atoms with Gasteiger partial charge in [0.1, 0.15) is 0 Å². The second kappa shape index (κ2) is 10.4. The molecule has 0 unspecified atom stereocenters. The summed E-state index contributed by atoms with van der Waals surface area (Å²) < 4.78 is 0. The SMILES string of the molecule is CC.OB(O)c1cc(-c2ccccc2)c2ccc3c(-c4ccccc4)cc(-c4ccccc4)c4ccc1c2c43. The van der Waals surface area contributed by atoms with E-state index >= 15 is 0 Å². The summed E-state index contributed by atoms with van der Waals surface area (Å²) in [6.45, 7) is 4.00. The van der Waals surface area contributed by atoms with Crippen molar-refractivity contribution in [1.29, 1.82) is 0 Å². The molecule has 0 saturated carbocycles. The van der Waals surface area contributed by atoms with Gasteiger partial charge in [0, 0.05) is 0 Å². The molecular weight excluding hydrogens is 475 g/mol. The van der Waals surface area contributed by atoms with Gasteiger partial charge < -0.3 is 10.0 Å². The van der Waals surface area contributed by atoms with E-state index in [1.54, 1.807) is 0 Å². The van der Waals surface area contributed by atoms with Gasteiger partial charge in [-0.3, -0.25) is 0 Å². The van der Waals surface area contributed by atoms with Gasteiger partial charge in [-0.2, -0.15) is 0 Å². The van der Waals surface area contributed by atoms with Crippen molar-refractivity contribution in [1.82, 2.24) is 0 Å². The first-order valence-corrected chi connectivity index (χ1v) is 13.5. The van der Waals surface area contributed by atoms with Gasteiger partial charge in [-0.1, -0.05) is 135 Å². The van der Waals surface area contributed by atoms with Crippen molar-refractivity contribution < 1.29 is 10.0 Å². The molecule has 7 aromatic carbocycles. The summed E-state index contributed by atoms with van der Waals surface area (Å²) in [7, 11) is -1.57. The molecule has 0 spiro atoms. The minimum absolute atomic E-state index is 0.520. The average Bonchev–Trinajstić information content (AvgIpc) is 3.01. The number of benzene rings is 7. The van der Waals surface area contributed by atoms with Crippen molar-refractivity contribution in [3.8, 4) is 33.4 Å². The lowest BCUT2D eigenvalue weighted by Gasteiger charge is -2.21. The molecule has 2 N–H and O–H groups in total. The second-order valence-electron chi connectivity index (χ2n) is 9.53. The number of hydrogen-bond acceptors (Lipinski definition) is 2. The predicted octanol–water partition coefficient (Wildman–Crippen LogP) is 8.29. The lowest BCUT2D eigenvalue weighted by Crippen LogP contribution is -2.30. The maximum atomic E-state index is 10.4. The molecule has 7 rings (SSSR count). The minimum atomic E-state index is -1.57. The van der Waals surface area contributed by atoms with Gasteiger partial charge >= 0.3 is 7.12 Å². The van der Waals surface area contributed by atoms with Gasteiger partial charge in [0.2, 0.25) is 0 Å². The molecule has 0 fully saturated rings. The fraction of sp³-hybridized carbons (Fsp3) is 0.0556. The molecule has 188 valence electrons. The van der Waals surface area contributed by atoms with Crippen LogP contribution in [0.4, 0.5) is 0 Å². The summed E-state index contributed by atoms with van der Waals surface area (Å²) in [6, 6.07) is 44.0. The summed E-state index contributed by atoms with van der Waals surface area (Å²) in [5.41, 5.74) is 7.21. The van der Waals surface area contributed by atoms with Crippen LogP contribution >= 0.6 is 0 Å². The normalized spacial score (nSPS) is 11.1. The van der Waals surface area contributed by atoms with Crippen LogP contribution in [0.3, 0.4) is 0 Å². The lowest BCUT2D eigenvalue weighted by atomic mass is 9.73. The van der Waals surface area contributed by atoms with E-state index in [0.717, 1.165) is 65.7 Å². The maximum absolute atomic E-state index is 10.4. The molecule has 0 aliphatic rings. The Morgan fingerprint density at radius 3 is 1.13 bits per heavy atom.